The van der Waals surface area contributed by atoms with Crippen LogP contribution in [0.15, 0.2) is 18.2 Å². The van der Waals surface area contributed by atoms with Crippen LogP contribution in [0.5, 0.6) is 0 Å². The van der Waals surface area contributed by atoms with Crippen molar-refractivity contribution < 1.29 is 4.39 Å². The lowest BCUT2D eigenvalue weighted by Gasteiger charge is -2.33. The molecular formula is C12H17FN2S. The van der Waals surface area contributed by atoms with E-state index in [9.17, 15) is 4.39 Å². The fourth-order valence-corrected chi connectivity index (χ4v) is 3.16. The summed E-state index contributed by atoms with van der Waals surface area (Å²) in [4.78, 5) is 2.23. The van der Waals surface area contributed by atoms with Gasteiger partial charge >= 0.3 is 0 Å². The van der Waals surface area contributed by atoms with Crippen LogP contribution in [0.3, 0.4) is 0 Å². The summed E-state index contributed by atoms with van der Waals surface area (Å²) in [5.74, 6) is 0.857. The van der Waals surface area contributed by atoms with Gasteiger partial charge in [-0.3, -0.25) is 0 Å². The molecule has 0 saturated carbocycles. The van der Waals surface area contributed by atoms with E-state index in [4.69, 9.17) is 5.73 Å². The second-order valence-corrected chi connectivity index (χ2v) is 5.50. The van der Waals surface area contributed by atoms with Crippen LogP contribution in [0.1, 0.15) is 13.3 Å². The Labute approximate surface area is 100 Å². The minimum atomic E-state index is -0.249. The maximum Gasteiger partial charge on any atom is 0.127 e. The van der Waals surface area contributed by atoms with E-state index in [1.165, 1.54) is 6.07 Å². The van der Waals surface area contributed by atoms with Crippen molar-refractivity contribution in [3.05, 3.63) is 24.0 Å². The topological polar surface area (TPSA) is 29.3 Å². The molecule has 1 heterocycles. The van der Waals surface area contributed by atoms with E-state index < -0.39 is 0 Å². The van der Waals surface area contributed by atoms with E-state index in [0.717, 1.165) is 31.0 Å². The van der Waals surface area contributed by atoms with Crippen molar-refractivity contribution >= 4 is 23.1 Å². The van der Waals surface area contributed by atoms with Gasteiger partial charge in [0, 0.05) is 35.5 Å². The van der Waals surface area contributed by atoms with Gasteiger partial charge in [0.1, 0.15) is 5.82 Å². The van der Waals surface area contributed by atoms with Crippen molar-refractivity contribution in [3.8, 4) is 0 Å². The number of rotatable bonds is 2. The zero-order valence-electron chi connectivity index (χ0n) is 9.45. The molecule has 1 fully saturated rings. The first-order valence-corrected chi connectivity index (χ1v) is 6.66. The minimum Gasteiger partial charge on any atom is -0.399 e. The molecule has 1 aliphatic rings. The standard InChI is InChI=1S/C12H17FN2S/c1-2-12-8-15(3-4-16-12)11-6-9(13)5-10(14)7-11/h5-7,12H,2-4,8,14H2,1H3. The molecule has 16 heavy (non-hydrogen) atoms. The van der Waals surface area contributed by atoms with Crippen molar-refractivity contribution in [1.82, 2.24) is 0 Å². The summed E-state index contributed by atoms with van der Waals surface area (Å²) in [5, 5.41) is 0.651. The molecule has 1 aromatic rings. The highest BCUT2D eigenvalue weighted by Crippen LogP contribution is 2.27. The molecule has 0 radical (unpaired) electrons. The first kappa shape index (κ1) is 11.6. The van der Waals surface area contributed by atoms with Gasteiger partial charge in [-0.15, -0.1) is 0 Å². The van der Waals surface area contributed by atoms with E-state index >= 15 is 0 Å². The van der Waals surface area contributed by atoms with Crippen LogP contribution < -0.4 is 10.6 Å². The summed E-state index contributed by atoms with van der Waals surface area (Å²) in [7, 11) is 0. The third-order valence-corrected chi connectivity index (χ3v) is 4.24. The minimum absolute atomic E-state index is 0.249. The zero-order chi connectivity index (χ0) is 11.5. The zero-order valence-corrected chi connectivity index (χ0v) is 10.3. The third-order valence-electron chi connectivity index (χ3n) is 2.86. The molecule has 1 atom stereocenters. The molecule has 0 aliphatic carbocycles. The van der Waals surface area contributed by atoms with E-state index in [0.29, 0.717) is 10.9 Å². The summed E-state index contributed by atoms with van der Waals surface area (Å²) in [6.07, 6.45) is 1.16. The molecule has 4 heteroatoms. The first-order valence-electron chi connectivity index (χ1n) is 5.61. The average Bonchev–Trinajstić information content (AvgIpc) is 2.28. The molecule has 88 valence electrons. The van der Waals surface area contributed by atoms with E-state index in [2.05, 4.69) is 11.8 Å². The number of hydrogen-bond acceptors (Lipinski definition) is 3. The summed E-state index contributed by atoms with van der Waals surface area (Å²) in [5.41, 5.74) is 7.08. The van der Waals surface area contributed by atoms with Crippen LogP contribution in [0.2, 0.25) is 0 Å². The number of nitrogens with zero attached hydrogens (tertiary/aromatic N) is 1. The SMILES string of the molecule is CCC1CN(c2cc(N)cc(F)c2)CCS1. The van der Waals surface area contributed by atoms with Crippen LogP contribution in [-0.2, 0) is 0 Å². The van der Waals surface area contributed by atoms with Crippen molar-refractivity contribution in [2.45, 2.75) is 18.6 Å². The lowest BCUT2D eigenvalue weighted by atomic mass is 10.2. The smallest absolute Gasteiger partial charge is 0.127 e. The van der Waals surface area contributed by atoms with Crippen LogP contribution in [0.25, 0.3) is 0 Å². The Kier molecular flexibility index (Phi) is 3.59. The molecule has 0 amide bonds. The molecule has 1 aromatic carbocycles. The second-order valence-electron chi connectivity index (χ2n) is 4.09. The maximum atomic E-state index is 13.3. The number of nitrogens with two attached hydrogens (primary N) is 1. The summed E-state index contributed by atoms with van der Waals surface area (Å²) in [6.45, 7) is 4.16. The lowest BCUT2D eigenvalue weighted by Crippen LogP contribution is -2.37. The van der Waals surface area contributed by atoms with Gasteiger partial charge in [-0.05, 0) is 24.6 Å². The van der Waals surface area contributed by atoms with Crippen LogP contribution in [0.4, 0.5) is 15.8 Å². The molecule has 2 N–H and O–H groups in total. The fourth-order valence-electron chi connectivity index (χ4n) is 1.98. The molecule has 0 spiro atoms. The first-order chi connectivity index (χ1) is 7.69. The average molecular weight is 240 g/mol. The molecule has 0 bridgehead atoms. The van der Waals surface area contributed by atoms with Gasteiger partial charge < -0.3 is 10.6 Å². The molecule has 1 aliphatic heterocycles. The highest BCUT2D eigenvalue weighted by Gasteiger charge is 2.19. The number of anilines is 2. The van der Waals surface area contributed by atoms with Gasteiger partial charge in [0.05, 0.1) is 0 Å². The summed E-state index contributed by atoms with van der Waals surface area (Å²) >= 11 is 2.00. The molecule has 2 nitrogen and oxygen atoms in total. The molecule has 1 unspecified atom stereocenters. The number of nitrogen functional groups attached to an aromatic ring is 1. The molecule has 1 saturated heterocycles. The van der Waals surface area contributed by atoms with Gasteiger partial charge in [0.15, 0.2) is 0 Å². The Bertz CT molecular complexity index is 350. The number of thioether (sulfide) groups is 1. The van der Waals surface area contributed by atoms with E-state index in [-0.39, 0.29) is 5.82 Å². The number of benzene rings is 1. The van der Waals surface area contributed by atoms with Gasteiger partial charge in [0.2, 0.25) is 0 Å². The Morgan fingerprint density at radius 1 is 1.50 bits per heavy atom. The Hall–Kier alpha value is -0.900. The largest absolute Gasteiger partial charge is 0.399 e. The maximum absolute atomic E-state index is 13.3. The third kappa shape index (κ3) is 2.61. The Balaban J connectivity index is 2.16. The predicted molar refractivity (Wildman–Crippen MR) is 69.6 cm³/mol. The van der Waals surface area contributed by atoms with Gasteiger partial charge in [-0.2, -0.15) is 11.8 Å². The molecular weight excluding hydrogens is 223 g/mol. The number of halogens is 1. The van der Waals surface area contributed by atoms with E-state index in [1.807, 2.05) is 17.8 Å². The monoisotopic (exact) mass is 240 g/mol. The summed E-state index contributed by atoms with van der Waals surface area (Å²) < 4.78 is 13.3. The van der Waals surface area contributed by atoms with Crippen LogP contribution >= 0.6 is 11.8 Å². The molecule has 0 aromatic heterocycles. The van der Waals surface area contributed by atoms with Gasteiger partial charge in [-0.25, -0.2) is 4.39 Å². The van der Waals surface area contributed by atoms with E-state index in [1.54, 1.807) is 6.07 Å². The van der Waals surface area contributed by atoms with Crippen molar-refractivity contribution in [2.75, 3.05) is 29.5 Å². The van der Waals surface area contributed by atoms with Crippen LogP contribution in [-0.4, -0.2) is 24.1 Å². The van der Waals surface area contributed by atoms with Gasteiger partial charge in [0.25, 0.3) is 0 Å². The normalized spacial score (nSPS) is 21.1. The van der Waals surface area contributed by atoms with Crippen LogP contribution in [0, 0.1) is 5.82 Å². The Morgan fingerprint density at radius 3 is 3.00 bits per heavy atom. The van der Waals surface area contributed by atoms with Crippen molar-refractivity contribution in [1.29, 1.82) is 0 Å². The highest BCUT2D eigenvalue weighted by molar-refractivity contribution is 8.00. The number of hydrogen-bond donors (Lipinski definition) is 1. The lowest BCUT2D eigenvalue weighted by molar-refractivity contribution is 0.626. The van der Waals surface area contributed by atoms with Gasteiger partial charge in [-0.1, -0.05) is 6.92 Å². The Morgan fingerprint density at radius 2 is 2.31 bits per heavy atom. The molecule has 2 rings (SSSR count). The quantitative estimate of drug-likeness (QED) is 0.806. The predicted octanol–water partition coefficient (Wildman–Crippen LogP) is 2.74. The van der Waals surface area contributed by atoms with Crippen molar-refractivity contribution in [2.24, 2.45) is 0 Å². The summed E-state index contributed by atoms with van der Waals surface area (Å²) in [6, 6.07) is 4.78. The highest BCUT2D eigenvalue weighted by atomic mass is 32.2. The second kappa shape index (κ2) is 4.95. The fraction of sp³-hybridized carbons (Fsp3) is 0.500. The van der Waals surface area contributed by atoms with Crippen molar-refractivity contribution in [3.63, 3.8) is 0 Å².